The standard InChI is InChI=1S/C13H18ClNO4S/c1-3-8-19-9-13(16)15-10(2)11-4-6-12(7-5-11)20(14,17)18/h4-7,10H,3,8-9H2,1-2H3,(H,15,16). The first kappa shape index (κ1) is 16.9. The van der Waals surface area contributed by atoms with E-state index < -0.39 is 9.05 Å². The van der Waals surface area contributed by atoms with Gasteiger partial charge < -0.3 is 10.1 Å². The van der Waals surface area contributed by atoms with Crippen molar-refractivity contribution in [2.45, 2.75) is 31.2 Å². The zero-order valence-corrected chi connectivity index (χ0v) is 13.0. The van der Waals surface area contributed by atoms with Crippen molar-refractivity contribution in [3.63, 3.8) is 0 Å². The second kappa shape index (κ2) is 7.61. The predicted octanol–water partition coefficient (Wildman–Crippen LogP) is 2.22. The van der Waals surface area contributed by atoms with E-state index in [9.17, 15) is 13.2 Å². The minimum Gasteiger partial charge on any atom is -0.372 e. The van der Waals surface area contributed by atoms with E-state index in [0.717, 1.165) is 12.0 Å². The molecule has 1 amide bonds. The molecule has 0 aromatic heterocycles. The van der Waals surface area contributed by atoms with Crippen LogP contribution in [0.2, 0.25) is 0 Å². The Morgan fingerprint density at radius 3 is 2.45 bits per heavy atom. The van der Waals surface area contributed by atoms with Crippen LogP contribution in [0.3, 0.4) is 0 Å². The van der Waals surface area contributed by atoms with E-state index in [1.165, 1.54) is 12.1 Å². The minimum atomic E-state index is -3.72. The third-order valence-corrected chi connectivity index (χ3v) is 3.99. The summed E-state index contributed by atoms with van der Waals surface area (Å²) in [5, 5.41) is 2.77. The van der Waals surface area contributed by atoms with Crippen molar-refractivity contribution in [2.24, 2.45) is 0 Å². The summed E-state index contributed by atoms with van der Waals surface area (Å²) in [6.07, 6.45) is 0.858. The number of hydrogen-bond acceptors (Lipinski definition) is 4. The molecule has 20 heavy (non-hydrogen) atoms. The first-order valence-electron chi connectivity index (χ1n) is 6.26. The number of rotatable bonds is 7. The normalized spacial score (nSPS) is 12.9. The predicted molar refractivity (Wildman–Crippen MR) is 77.1 cm³/mol. The van der Waals surface area contributed by atoms with Crippen LogP contribution in [0.4, 0.5) is 0 Å². The van der Waals surface area contributed by atoms with Crippen LogP contribution in [0.5, 0.6) is 0 Å². The molecule has 1 aromatic rings. The average Bonchev–Trinajstić information content (AvgIpc) is 2.38. The second-order valence-corrected chi connectivity index (χ2v) is 6.91. The van der Waals surface area contributed by atoms with Crippen LogP contribution in [0, 0.1) is 0 Å². The van der Waals surface area contributed by atoms with Gasteiger partial charge >= 0.3 is 0 Å². The first-order valence-corrected chi connectivity index (χ1v) is 8.57. The van der Waals surface area contributed by atoms with Crippen molar-refractivity contribution in [1.29, 1.82) is 0 Å². The zero-order chi connectivity index (χ0) is 15.2. The quantitative estimate of drug-likeness (QED) is 0.618. The van der Waals surface area contributed by atoms with Crippen molar-refractivity contribution in [3.8, 4) is 0 Å². The van der Waals surface area contributed by atoms with E-state index in [1.54, 1.807) is 12.1 Å². The third-order valence-electron chi connectivity index (χ3n) is 2.62. The van der Waals surface area contributed by atoms with Crippen LogP contribution in [0.1, 0.15) is 31.9 Å². The third kappa shape index (κ3) is 5.48. The maximum absolute atomic E-state index is 11.6. The molecular formula is C13H18ClNO4S. The van der Waals surface area contributed by atoms with E-state index in [2.05, 4.69) is 5.32 Å². The van der Waals surface area contributed by atoms with Crippen LogP contribution in [0.15, 0.2) is 29.2 Å². The molecule has 1 rings (SSSR count). The highest BCUT2D eigenvalue weighted by molar-refractivity contribution is 8.13. The highest BCUT2D eigenvalue weighted by Gasteiger charge is 2.12. The van der Waals surface area contributed by atoms with E-state index in [0.29, 0.717) is 6.61 Å². The summed E-state index contributed by atoms with van der Waals surface area (Å²) < 4.78 is 27.4. The van der Waals surface area contributed by atoms with Gasteiger partial charge in [-0.05, 0) is 31.0 Å². The zero-order valence-electron chi connectivity index (χ0n) is 11.4. The fourth-order valence-corrected chi connectivity index (χ4v) is 2.36. The number of hydrogen-bond donors (Lipinski definition) is 1. The molecule has 0 saturated heterocycles. The maximum Gasteiger partial charge on any atom is 0.261 e. The molecule has 0 fully saturated rings. The lowest BCUT2D eigenvalue weighted by Crippen LogP contribution is -2.30. The Balaban J connectivity index is 2.60. The molecule has 5 nitrogen and oxygen atoms in total. The highest BCUT2D eigenvalue weighted by Crippen LogP contribution is 2.18. The molecule has 0 aliphatic heterocycles. The fourth-order valence-electron chi connectivity index (χ4n) is 1.59. The fraction of sp³-hybridized carbons (Fsp3) is 0.462. The van der Waals surface area contributed by atoms with Gasteiger partial charge in [0.05, 0.1) is 10.9 Å². The number of nitrogens with one attached hydrogen (secondary N) is 1. The summed E-state index contributed by atoms with van der Waals surface area (Å²) in [6, 6.07) is 5.82. The van der Waals surface area contributed by atoms with Gasteiger partial charge in [-0.15, -0.1) is 0 Å². The Morgan fingerprint density at radius 1 is 1.35 bits per heavy atom. The Kier molecular flexibility index (Phi) is 6.45. The Bertz CT molecular complexity index is 542. The molecule has 0 spiro atoms. The van der Waals surface area contributed by atoms with Crippen molar-refractivity contribution in [2.75, 3.05) is 13.2 Å². The molecule has 7 heteroatoms. The Morgan fingerprint density at radius 2 is 1.95 bits per heavy atom. The lowest BCUT2D eigenvalue weighted by atomic mass is 10.1. The van der Waals surface area contributed by atoms with Crippen molar-refractivity contribution in [1.82, 2.24) is 5.32 Å². The van der Waals surface area contributed by atoms with Gasteiger partial charge in [0.2, 0.25) is 5.91 Å². The smallest absolute Gasteiger partial charge is 0.261 e. The molecule has 1 unspecified atom stereocenters. The van der Waals surface area contributed by atoms with Gasteiger partial charge in [0, 0.05) is 17.3 Å². The summed E-state index contributed by atoms with van der Waals surface area (Å²) in [6.45, 7) is 4.34. The topological polar surface area (TPSA) is 72.5 Å². The summed E-state index contributed by atoms with van der Waals surface area (Å²) in [4.78, 5) is 11.6. The van der Waals surface area contributed by atoms with Gasteiger partial charge in [-0.2, -0.15) is 0 Å². The maximum atomic E-state index is 11.6. The van der Waals surface area contributed by atoms with Gasteiger partial charge in [-0.25, -0.2) is 8.42 Å². The van der Waals surface area contributed by atoms with Crippen LogP contribution in [0.25, 0.3) is 0 Å². The molecular weight excluding hydrogens is 302 g/mol. The van der Waals surface area contributed by atoms with Gasteiger partial charge in [0.15, 0.2) is 0 Å². The SMILES string of the molecule is CCCOCC(=O)NC(C)c1ccc(S(=O)(=O)Cl)cc1. The van der Waals surface area contributed by atoms with Crippen LogP contribution in [-0.2, 0) is 18.6 Å². The van der Waals surface area contributed by atoms with E-state index >= 15 is 0 Å². The molecule has 0 heterocycles. The van der Waals surface area contributed by atoms with Crippen LogP contribution >= 0.6 is 10.7 Å². The number of ether oxygens (including phenoxy) is 1. The molecule has 1 N–H and O–H groups in total. The monoisotopic (exact) mass is 319 g/mol. The molecule has 0 radical (unpaired) electrons. The molecule has 0 bridgehead atoms. The van der Waals surface area contributed by atoms with E-state index in [1.807, 2.05) is 13.8 Å². The van der Waals surface area contributed by atoms with Gasteiger partial charge in [-0.3, -0.25) is 4.79 Å². The van der Waals surface area contributed by atoms with Gasteiger partial charge in [0.25, 0.3) is 9.05 Å². The van der Waals surface area contributed by atoms with E-state index in [4.69, 9.17) is 15.4 Å². The van der Waals surface area contributed by atoms with Gasteiger partial charge in [0.1, 0.15) is 6.61 Å². The van der Waals surface area contributed by atoms with Crippen molar-refractivity contribution >= 4 is 25.6 Å². The number of halogens is 1. The van der Waals surface area contributed by atoms with Crippen LogP contribution < -0.4 is 5.32 Å². The molecule has 1 aromatic carbocycles. The summed E-state index contributed by atoms with van der Waals surface area (Å²) in [5.74, 6) is -0.208. The Labute approximate surface area is 123 Å². The summed E-state index contributed by atoms with van der Waals surface area (Å²) >= 11 is 0. The van der Waals surface area contributed by atoms with Gasteiger partial charge in [-0.1, -0.05) is 19.1 Å². The molecule has 1 atom stereocenters. The largest absolute Gasteiger partial charge is 0.372 e. The second-order valence-electron chi connectivity index (χ2n) is 4.35. The number of carbonyl (C=O) groups is 1. The van der Waals surface area contributed by atoms with Crippen LogP contribution in [-0.4, -0.2) is 27.5 Å². The molecule has 0 aliphatic rings. The molecule has 112 valence electrons. The Hall–Kier alpha value is -1.11. The van der Waals surface area contributed by atoms with Crippen molar-refractivity contribution < 1.29 is 17.9 Å². The summed E-state index contributed by atoms with van der Waals surface area (Å²) in [5.41, 5.74) is 0.790. The minimum absolute atomic E-state index is 0.0202. The lowest BCUT2D eigenvalue weighted by molar-refractivity contribution is -0.126. The number of carbonyl (C=O) groups excluding carboxylic acids is 1. The molecule has 0 aliphatic carbocycles. The molecule has 0 saturated carbocycles. The number of benzene rings is 1. The lowest BCUT2D eigenvalue weighted by Gasteiger charge is -2.14. The highest BCUT2D eigenvalue weighted by atomic mass is 35.7. The average molecular weight is 320 g/mol. The number of amides is 1. The first-order chi connectivity index (χ1) is 9.34. The summed E-state index contributed by atoms with van der Waals surface area (Å²) in [7, 11) is 1.51. The van der Waals surface area contributed by atoms with E-state index in [-0.39, 0.29) is 23.5 Å². The van der Waals surface area contributed by atoms with Crippen molar-refractivity contribution in [3.05, 3.63) is 29.8 Å².